The fourth-order valence-electron chi connectivity index (χ4n) is 3.11. The maximum absolute atomic E-state index is 12.0. The lowest BCUT2D eigenvalue weighted by Crippen LogP contribution is -2.50. The minimum Gasteiger partial charge on any atom is -0.375 e. The van der Waals surface area contributed by atoms with Crippen molar-refractivity contribution in [2.45, 2.75) is 0 Å². The highest BCUT2D eigenvalue weighted by molar-refractivity contribution is 6.30. The van der Waals surface area contributed by atoms with E-state index in [-0.39, 0.29) is 12.5 Å². The second kappa shape index (κ2) is 7.45. The third-order valence-corrected chi connectivity index (χ3v) is 4.74. The molecule has 3 aromatic rings. The number of halogens is 1. The number of fused-ring (bicyclic) bond motifs is 1. The normalized spacial score (nSPS) is 14.7. The number of amides is 1. The Morgan fingerprint density at radius 2 is 1.89 bits per heavy atom. The smallest absolute Gasteiger partial charge is 0.248 e. The first-order chi connectivity index (χ1) is 13.2. The van der Waals surface area contributed by atoms with Crippen LogP contribution in [0.1, 0.15) is 0 Å². The molecule has 1 aromatic carbocycles. The number of hydrogen-bond donors (Lipinski definition) is 0. The summed E-state index contributed by atoms with van der Waals surface area (Å²) in [5, 5.41) is 9.17. The number of rotatable bonds is 4. The van der Waals surface area contributed by atoms with Crippen molar-refractivity contribution in [2.24, 2.45) is 0 Å². The highest BCUT2D eigenvalue weighted by Crippen LogP contribution is 2.24. The van der Waals surface area contributed by atoms with Crippen LogP contribution in [0.5, 0.6) is 0 Å². The molecule has 1 aliphatic rings. The molecule has 0 unspecified atom stereocenters. The third-order valence-electron chi connectivity index (χ3n) is 4.49. The molecular weight excluding hydrogens is 370 g/mol. The van der Waals surface area contributed by atoms with Crippen LogP contribution in [0.2, 0.25) is 5.02 Å². The Kier molecular flexibility index (Phi) is 4.87. The van der Waals surface area contributed by atoms with Gasteiger partial charge >= 0.3 is 0 Å². The lowest BCUT2D eigenvalue weighted by molar-refractivity contribution is -0.135. The van der Waals surface area contributed by atoms with Crippen LogP contribution in [0.4, 0.5) is 5.82 Å². The number of benzene rings is 1. The van der Waals surface area contributed by atoms with Crippen molar-refractivity contribution in [3.63, 3.8) is 0 Å². The maximum Gasteiger partial charge on any atom is 0.248 e. The van der Waals surface area contributed by atoms with Gasteiger partial charge in [-0.1, -0.05) is 16.8 Å². The molecule has 0 atom stereocenters. The second-order valence-electron chi connectivity index (χ2n) is 6.15. The summed E-state index contributed by atoms with van der Waals surface area (Å²) in [5.41, 5.74) is 2.07. The van der Waals surface area contributed by atoms with E-state index in [4.69, 9.17) is 16.3 Å². The fourth-order valence-corrected chi connectivity index (χ4v) is 3.23. The first kappa shape index (κ1) is 17.6. The van der Waals surface area contributed by atoms with Gasteiger partial charge in [-0.05, 0) is 24.3 Å². The minimum atomic E-state index is -0.00123. The molecule has 1 fully saturated rings. The molecule has 0 N–H and O–H groups in total. The lowest BCUT2D eigenvalue weighted by atomic mass is 10.3. The Hall–Kier alpha value is -2.78. The third kappa shape index (κ3) is 3.43. The van der Waals surface area contributed by atoms with E-state index < -0.39 is 0 Å². The van der Waals surface area contributed by atoms with Gasteiger partial charge in [-0.25, -0.2) is 9.97 Å². The van der Waals surface area contributed by atoms with Crippen molar-refractivity contribution in [3.05, 3.63) is 35.6 Å². The van der Waals surface area contributed by atoms with Crippen molar-refractivity contribution in [3.8, 4) is 5.69 Å². The Morgan fingerprint density at radius 3 is 2.59 bits per heavy atom. The topological polar surface area (TPSA) is 89.3 Å². The number of carbonyl (C=O) groups is 1. The average Bonchev–Trinajstić information content (AvgIpc) is 3.13. The number of carbonyl (C=O) groups excluding carboxylic acids is 1. The summed E-state index contributed by atoms with van der Waals surface area (Å²) in [4.78, 5) is 24.6. The number of aromatic nitrogens is 5. The van der Waals surface area contributed by atoms with Gasteiger partial charge < -0.3 is 14.5 Å². The maximum atomic E-state index is 12.0. The van der Waals surface area contributed by atoms with E-state index in [1.807, 2.05) is 12.1 Å². The van der Waals surface area contributed by atoms with Gasteiger partial charge in [0.05, 0.1) is 5.69 Å². The van der Waals surface area contributed by atoms with E-state index in [9.17, 15) is 4.79 Å². The summed E-state index contributed by atoms with van der Waals surface area (Å²) >= 11 is 5.96. The SMILES string of the molecule is COCC(=O)N1CCN(c2ncnc3c2nnn3-c2ccc(Cl)cc2)CC1. The summed E-state index contributed by atoms with van der Waals surface area (Å²) in [5.74, 6) is 0.720. The molecule has 0 saturated carbocycles. The summed E-state index contributed by atoms with van der Waals surface area (Å²) < 4.78 is 6.59. The Labute approximate surface area is 160 Å². The zero-order valence-corrected chi connectivity index (χ0v) is 15.5. The Bertz CT molecular complexity index is 952. The van der Waals surface area contributed by atoms with Gasteiger partial charge in [0, 0.05) is 38.3 Å². The molecule has 3 heterocycles. The van der Waals surface area contributed by atoms with Crippen LogP contribution in [-0.2, 0) is 9.53 Å². The number of ether oxygens (including phenoxy) is 1. The first-order valence-electron chi connectivity index (χ1n) is 8.51. The molecule has 0 bridgehead atoms. The Balaban J connectivity index is 1.59. The number of anilines is 1. The zero-order chi connectivity index (χ0) is 18.8. The van der Waals surface area contributed by atoms with Crippen LogP contribution >= 0.6 is 11.6 Å². The molecule has 0 radical (unpaired) electrons. The van der Waals surface area contributed by atoms with Crippen LogP contribution in [0.15, 0.2) is 30.6 Å². The zero-order valence-electron chi connectivity index (χ0n) is 14.7. The molecule has 27 heavy (non-hydrogen) atoms. The van der Waals surface area contributed by atoms with Crippen LogP contribution in [-0.4, -0.2) is 75.7 Å². The van der Waals surface area contributed by atoms with Gasteiger partial charge in [0.2, 0.25) is 5.91 Å². The van der Waals surface area contributed by atoms with Crippen molar-refractivity contribution in [2.75, 3.05) is 44.8 Å². The van der Waals surface area contributed by atoms with Crippen LogP contribution < -0.4 is 4.90 Å². The van der Waals surface area contributed by atoms with E-state index in [0.29, 0.717) is 42.4 Å². The molecule has 4 rings (SSSR count). The monoisotopic (exact) mass is 387 g/mol. The molecule has 1 amide bonds. The average molecular weight is 388 g/mol. The lowest BCUT2D eigenvalue weighted by Gasteiger charge is -2.35. The standard InChI is InChI=1S/C17H18ClN7O2/c1-27-10-14(26)23-6-8-24(9-7-23)16-15-17(20-11-19-16)25(22-21-15)13-4-2-12(18)3-5-13/h2-5,11H,6-10H2,1H3. The molecule has 9 nitrogen and oxygen atoms in total. The minimum absolute atomic E-state index is 0.00123. The predicted octanol–water partition coefficient (Wildman–Crippen LogP) is 1.16. The molecule has 0 spiro atoms. The molecule has 1 saturated heterocycles. The van der Waals surface area contributed by atoms with Gasteiger partial charge in [-0.3, -0.25) is 4.79 Å². The Morgan fingerprint density at radius 1 is 1.15 bits per heavy atom. The fraction of sp³-hybridized carbons (Fsp3) is 0.353. The van der Waals surface area contributed by atoms with Gasteiger partial charge in [0.25, 0.3) is 0 Å². The second-order valence-corrected chi connectivity index (χ2v) is 6.58. The van der Waals surface area contributed by atoms with Crippen LogP contribution in [0.3, 0.4) is 0 Å². The molecule has 140 valence electrons. The van der Waals surface area contributed by atoms with Crippen LogP contribution in [0, 0.1) is 0 Å². The van der Waals surface area contributed by atoms with Gasteiger partial charge in [-0.2, -0.15) is 4.68 Å². The highest BCUT2D eigenvalue weighted by atomic mass is 35.5. The number of piperazine rings is 1. The van der Waals surface area contributed by atoms with E-state index in [0.717, 1.165) is 11.5 Å². The molecule has 2 aromatic heterocycles. The highest BCUT2D eigenvalue weighted by Gasteiger charge is 2.24. The number of nitrogens with zero attached hydrogens (tertiary/aromatic N) is 7. The van der Waals surface area contributed by atoms with Crippen molar-refractivity contribution < 1.29 is 9.53 Å². The van der Waals surface area contributed by atoms with Gasteiger partial charge in [0.15, 0.2) is 17.0 Å². The summed E-state index contributed by atoms with van der Waals surface area (Å²) in [6.07, 6.45) is 1.51. The number of methoxy groups -OCH3 is 1. The van der Waals surface area contributed by atoms with E-state index in [2.05, 4.69) is 25.2 Å². The molecule has 1 aliphatic heterocycles. The van der Waals surface area contributed by atoms with E-state index in [1.54, 1.807) is 21.7 Å². The van der Waals surface area contributed by atoms with Crippen molar-refractivity contribution in [1.29, 1.82) is 0 Å². The first-order valence-corrected chi connectivity index (χ1v) is 8.89. The van der Waals surface area contributed by atoms with E-state index >= 15 is 0 Å². The molecular formula is C17H18ClN7O2. The van der Waals surface area contributed by atoms with Crippen LogP contribution in [0.25, 0.3) is 16.9 Å². The molecule has 10 heteroatoms. The summed E-state index contributed by atoms with van der Waals surface area (Å²) in [7, 11) is 1.52. The predicted molar refractivity (Wildman–Crippen MR) is 100 cm³/mol. The largest absolute Gasteiger partial charge is 0.375 e. The van der Waals surface area contributed by atoms with Gasteiger partial charge in [0.1, 0.15) is 12.9 Å². The van der Waals surface area contributed by atoms with Crippen molar-refractivity contribution >= 4 is 34.5 Å². The molecule has 0 aliphatic carbocycles. The van der Waals surface area contributed by atoms with Gasteiger partial charge in [-0.15, -0.1) is 5.10 Å². The quantitative estimate of drug-likeness (QED) is 0.663. The summed E-state index contributed by atoms with van der Waals surface area (Å²) in [6.45, 7) is 2.65. The van der Waals surface area contributed by atoms with E-state index in [1.165, 1.54) is 13.4 Å². The number of hydrogen-bond acceptors (Lipinski definition) is 7. The van der Waals surface area contributed by atoms with Crippen molar-refractivity contribution in [1.82, 2.24) is 29.9 Å². The summed E-state index contributed by atoms with van der Waals surface area (Å²) in [6, 6.07) is 7.31.